The number of halogens is 2. The van der Waals surface area contributed by atoms with Gasteiger partial charge in [-0.05, 0) is 6.07 Å². The van der Waals surface area contributed by atoms with Crippen molar-refractivity contribution in [1.29, 1.82) is 0 Å². The van der Waals surface area contributed by atoms with Gasteiger partial charge in [0.15, 0.2) is 11.6 Å². The predicted molar refractivity (Wildman–Crippen MR) is 50.5 cm³/mol. The first-order valence-corrected chi connectivity index (χ1v) is 4.14. The van der Waals surface area contributed by atoms with Gasteiger partial charge >= 0.3 is 0 Å². The minimum absolute atomic E-state index is 0.0152. The molecule has 0 N–H and O–H groups in total. The van der Waals surface area contributed by atoms with Crippen LogP contribution >= 0.6 is 0 Å². The topological polar surface area (TPSA) is 26.3 Å². The van der Waals surface area contributed by atoms with E-state index in [0.717, 1.165) is 6.07 Å². The molecule has 0 aliphatic heterocycles. The molecule has 0 fully saturated rings. The van der Waals surface area contributed by atoms with Crippen LogP contribution in [0.5, 0.6) is 5.75 Å². The first-order chi connectivity index (χ1) is 7.19. The molecular weight excluding hydrogens is 202 g/mol. The number of hydrogen-bond donors (Lipinski definition) is 0. The van der Waals surface area contributed by atoms with E-state index in [1.54, 1.807) is 0 Å². The van der Waals surface area contributed by atoms with E-state index in [0.29, 0.717) is 12.4 Å². The molecule has 0 radical (unpaired) electrons. The van der Waals surface area contributed by atoms with Crippen LogP contribution in [-0.2, 0) is 4.79 Å². The fourth-order valence-electron chi connectivity index (χ4n) is 1.05. The molecule has 0 unspecified atom stereocenters. The van der Waals surface area contributed by atoms with Crippen LogP contribution in [0.4, 0.5) is 8.78 Å². The summed E-state index contributed by atoms with van der Waals surface area (Å²) in [6.07, 6.45) is 0.621. The Kier molecular flexibility index (Phi) is 3.81. The van der Waals surface area contributed by atoms with Crippen LogP contribution in [0, 0.1) is 23.5 Å². The van der Waals surface area contributed by atoms with E-state index in [1.807, 2.05) is 0 Å². The van der Waals surface area contributed by atoms with Crippen LogP contribution in [0.1, 0.15) is 12.0 Å². The van der Waals surface area contributed by atoms with Crippen LogP contribution in [0.25, 0.3) is 0 Å². The van der Waals surface area contributed by atoms with Gasteiger partial charge in [-0.15, -0.1) is 0 Å². The van der Waals surface area contributed by atoms with Gasteiger partial charge in [0, 0.05) is 6.07 Å². The number of hydrogen-bond acceptors (Lipinski definition) is 2. The molecule has 0 amide bonds. The third-order valence-electron chi connectivity index (χ3n) is 1.62. The van der Waals surface area contributed by atoms with Gasteiger partial charge in [-0.25, -0.2) is 8.78 Å². The summed E-state index contributed by atoms with van der Waals surface area (Å²) in [5.41, 5.74) is 0.0943. The first-order valence-electron chi connectivity index (χ1n) is 4.14. The SMILES string of the molecule is COc1c(F)cc(F)cc1C#CCC=O. The van der Waals surface area contributed by atoms with Gasteiger partial charge in [0.05, 0.1) is 19.1 Å². The average Bonchev–Trinajstić information content (AvgIpc) is 2.17. The van der Waals surface area contributed by atoms with Gasteiger partial charge in [0.2, 0.25) is 0 Å². The molecule has 0 atom stereocenters. The zero-order chi connectivity index (χ0) is 11.3. The van der Waals surface area contributed by atoms with Crippen molar-refractivity contribution in [2.24, 2.45) is 0 Å². The van der Waals surface area contributed by atoms with Crippen LogP contribution in [-0.4, -0.2) is 13.4 Å². The number of rotatable bonds is 2. The molecule has 1 aromatic rings. The number of methoxy groups -OCH3 is 1. The van der Waals surface area contributed by atoms with Gasteiger partial charge in [0.1, 0.15) is 12.1 Å². The molecule has 1 aromatic carbocycles. The Labute approximate surface area is 85.9 Å². The molecule has 0 heterocycles. The lowest BCUT2D eigenvalue weighted by atomic mass is 10.2. The Morgan fingerprint density at radius 2 is 2.20 bits per heavy atom. The van der Waals surface area contributed by atoms with E-state index < -0.39 is 11.6 Å². The van der Waals surface area contributed by atoms with E-state index in [9.17, 15) is 13.6 Å². The highest BCUT2D eigenvalue weighted by Gasteiger charge is 2.09. The quantitative estimate of drug-likeness (QED) is 0.550. The standard InChI is InChI=1S/C11H8F2O2/c1-15-11-8(4-2-3-5-14)6-9(12)7-10(11)13/h5-7H,3H2,1H3. The lowest BCUT2D eigenvalue weighted by molar-refractivity contribution is -0.107. The van der Waals surface area contributed by atoms with Crippen molar-refractivity contribution in [3.8, 4) is 17.6 Å². The lowest BCUT2D eigenvalue weighted by Gasteiger charge is -2.04. The second-order valence-electron chi connectivity index (χ2n) is 2.64. The summed E-state index contributed by atoms with van der Waals surface area (Å²) in [7, 11) is 1.27. The Bertz CT molecular complexity index is 430. The second-order valence-corrected chi connectivity index (χ2v) is 2.64. The summed E-state index contributed by atoms with van der Waals surface area (Å²) in [5.74, 6) is 3.25. The number of carbonyl (C=O) groups excluding carboxylic acids is 1. The third-order valence-corrected chi connectivity index (χ3v) is 1.62. The minimum atomic E-state index is -0.812. The second kappa shape index (κ2) is 5.11. The molecule has 0 aliphatic carbocycles. The molecule has 0 saturated heterocycles. The molecule has 78 valence electrons. The maximum Gasteiger partial charge on any atom is 0.170 e. The number of aldehydes is 1. The highest BCUT2D eigenvalue weighted by Crippen LogP contribution is 2.22. The Morgan fingerprint density at radius 3 is 2.80 bits per heavy atom. The largest absolute Gasteiger partial charge is 0.492 e. The van der Waals surface area contributed by atoms with E-state index >= 15 is 0 Å². The van der Waals surface area contributed by atoms with Gasteiger partial charge < -0.3 is 9.53 Å². The van der Waals surface area contributed by atoms with E-state index in [1.165, 1.54) is 7.11 Å². The smallest absolute Gasteiger partial charge is 0.170 e. The van der Waals surface area contributed by atoms with E-state index in [-0.39, 0.29) is 17.7 Å². The monoisotopic (exact) mass is 210 g/mol. The van der Waals surface area contributed by atoms with Crippen molar-refractivity contribution in [2.45, 2.75) is 6.42 Å². The molecule has 0 bridgehead atoms. The Hall–Kier alpha value is -1.89. The molecule has 0 aromatic heterocycles. The highest BCUT2D eigenvalue weighted by atomic mass is 19.1. The Balaban J connectivity index is 3.16. The summed E-state index contributed by atoms with van der Waals surface area (Å²) >= 11 is 0. The Morgan fingerprint density at radius 1 is 1.47 bits per heavy atom. The van der Waals surface area contributed by atoms with E-state index in [2.05, 4.69) is 11.8 Å². The maximum absolute atomic E-state index is 13.1. The average molecular weight is 210 g/mol. The number of carbonyl (C=O) groups is 1. The van der Waals surface area contributed by atoms with Crippen molar-refractivity contribution < 1.29 is 18.3 Å². The molecule has 1 rings (SSSR count). The zero-order valence-electron chi connectivity index (χ0n) is 8.01. The maximum atomic E-state index is 13.1. The van der Waals surface area contributed by atoms with Crippen LogP contribution in [0.15, 0.2) is 12.1 Å². The minimum Gasteiger partial charge on any atom is -0.492 e. The molecule has 2 nitrogen and oxygen atoms in total. The molecule has 0 spiro atoms. The molecular formula is C11H8F2O2. The summed E-state index contributed by atoms with van der Waals surface area (Å²) in [4.78, 5) is 10.0. The van der Waals surface area contributed by atoms with Crippen molar-refractivity contribution in [2.75, 3.05) is 7.11 Å². The normalized spacial score (nSPS) is 9.00. The number of benzene rings is 1. The predicted octanol–water partition coefficient (Wildman–Crippen LogP) is 1.91. The molecule has 15 heavy (non-hydrogen) atoms. The lowest BCUT2D eigenvalue weighted by Crippen LogP contribution is -1.94. The fraction of sp³-hybridized carbons (Fsp3) is 0.182. The fourth-order valence-corrected chi connectivity index (χ4v) is 1.05. The van der Waals surface area contributed by atoms with Crippen molar-refractivity contribution in [3.05, 3.63) is 29.3 Å². The van der Waals surface area contributed by atoms with Crippen molar-refractivity contribution in [1.82, 2.24) is 0 Å². The summed E-state index contributed by atoms with van der Waals surface area (Å²) in [6.45, 7) is 0. The summed E-state index contributed by atoms with van der Waals surface area (Å²) < 4.78 is 30.7. The van der Waals surface area contributed by atoms with Crippen LogP contribution < -0.4 is 4.74 Å². The zero-order valence-corrected chi connectivity index (χ0v) is 8.01. The molecule has 0 saturated carbocycles. The molecule has 4 heteroatoms. The van der Waals surface area contributed by atoms with Gasteiger partial charge in [-0.1, -0.05) is 11.8 Å². The first kappa shape index (κ1) is 11.2. The van der Waals surface area contributed by atoms with Gasteiger partial charge in [-0.3, -0.25) is 0 Å². The highest BCUT2D eigenvalue weighted by molar-refractivity contribution is 5.56. The van der Waals surface area contributed by atoms with Crippen molar-refractivity contribution in [3.63, 3.8) is 0 Å². The molecule has 0 aliphatic rings. The van der Waals surface area contributed by atoms with Gasteiger partial charge in [0.25, 0.3) is 0 Å². The van der Waals surface area contributed by atoms with E-state index in [4.69, 9.17) is 4.74 Å². The third kappa shape index (κ3) is 2.78. The van der Waals surface area contributed by atoms with Gasteiger partial charge in [-0.2, -0.15) is 0 Å². The number of ether oxygens (including phenoxy) is 1. The van der Waals surface area contributed by atoms with Crippen LogP contribution in [0.2, 0.25) is 0 Å². The van der Waals surface area contributed by atoms with Crippen molar-refractivity contribution >= 4 is 6.29 Å². The summed E-state index contributed by atoms with van der Waals surface area (Å²) in [6, 6.07) is 1.77. The summed E-state index contributed by atoms with van der Waals surface area (Å²) in [5, 5.41) is 0. The van der Waals surface area contributed by atoms with Crippen LogP contribution in [0.3, 0.4) is 0 Å².